The molecule has 1 aromatic rings. The monoisotopic (exact) mass is 346 g/mol. The van der Waals surface area contributed by atoms with E-state index in [1.807, 2.05) is 18.2 Å². The quantitative estimate of drug-likeness (QED) is 0.857. The van der Waals surface area contributed by atoms with Crippen molar-refractivity contribution in [2.75, 3.05) is 44.7 Å². The van der Waals surface area contributed by atoms with Crippen molar-refractivity contribution in [1.82, 2.24) is 15.5 Å². The minimum Gasteiger partial charge on any atom is -0.495 e. The van der Waals surface area contributed by atoms with Crippen LogP contribution >= 0.6 is 0 Å². The predicted octanol–water partition coefficient (Wildman–Crippen LogP) is 2.06. The fourth-order valence-corrected chi connectivity index (χ4v) is 3.86. The molecule has 0 bridgehead atoms. The summed E-state index contributed by atoms with van der Waals surface area (Å²) in [6, 6.07) is 8.46. The zero-order valence-corrected chi connectivity index (χ0v) is 15.3. The first-order valence-corrected chi connectivity index (χ1v) is 9.37. The number of likely N-dealkylation sites (tertiary alicyclic amines) is 1. The Morgan fingerprint density at radius 1 is 1.16 bits per heavy atom. The number of piperidine rings is 1. The van der Waals surface area contributed by atoms with Gasteiger partial charge in [-0.2, -0.15) is 0 Å². The zero-order valence-electron chi connectivity index (χ0n) is 15.3. The average molecular weight is 346 g/mol. The second-order valence-corrected chi connectivity index (χ2v) is 6.95. The van der Waals surface area contributed by atoms with Crippen molar-refractivity contribution >= 4 is 11.7 Å². The molecule has 0 radical (unpaired) electrons. The van der Waals surface area contributed by atoms with Gasteiger partial charge in [0.15, 0.2) is 0 Å². The van der Waals surface area contributed by atoms with E-state index < -0.39 is 0 Å². The van der Waals surface area contributed by atoms with E-state index in [1.165, 1.54) is 0 Å². The van der Waals surface area contributed by atoms with E-state index >= 15 is 0 Å². The summed E-state index contributed by atoms with van der Waals surface area (Å²) in [6.07, 6.45) is 3.18. The number of nitrogens with zero attached hydrogens (tertiary/aromatic N) is 2. The highest BCUT2D eigenvalue weighted by Crippen LogP contribution is 2.30. The lowest BCUT2D eigenvalue weighted by atomic mass is 10.1. The molecule has 0 saturated carbocycles. The van der Waals surface area contributed by atoms with E-state index in [4.69, 9.17) is 4.74 Å². The van der Waals surface area contributed by atoms with Gasteiger partial charge in [0, 0.05) is 31.7 Å². The number of benzene rings is 1. The van der Waals surface area contributed by atoms with Crippen molar-refractivity contribution in [2.45, 2.75) is 38.3 Å². The van der Waals surface area contributed by atoms with Crippen molar-refractivity contribution in [2.24, 2.45) is 0 Å². The van der Waals surface area contributed by atoms with Crippen LogP contribution in [0.1, 0.15) is 26.2 Å². The molecular formula is C19H30N4O2. The number of likely N-dealkylation sites (N-methyl/N-ethyl adjacent to an activating group) is 1. The van der Waals surface area contributed by atoms with Crippen molar-refractivity contribution in [3.63, 3.8) is 0 Å². The predicted molar refractivity (Wildman–Crippen MR) is 100 cm³/mol. The van der Waals surface area contributed by atoms with Crippen LogP contribution in [0.3, 0.4) is 0 Å². The number of carbonyl (C=O) groups excluding carboxylic acids is 1. The molecule has 6 heteroatoms. The van der Waals surface area contributed by atoms with E-state index in [0.29, 0.717) is 0 Å². The maximum atomic E-state index is 12.3. The maximum absolute atomic E-state index is 12.3. The summed E-state index contributed by atoms with van der Waals surface area (Å²) in [5.41, 5.74) is 1.10. The molecule has 6 nitrogen and oxygen atoms in total. The first-order chi connectivity index (χ1) is 12.2. The number of urea groups is 1. The van der Waals surface area contributed by atoms with Crippen LogP contribution in [0.2, 0.25) is 0 Å². The van der Waals surface area contributed by atoms with Crippen molar-refractivity contribution in [1.29, 1.82) is 0 Å². The number of anilines is 1. The third kappa shape index (κ3) is 4.57. The van der Waals surface area contributed by atoms with Crippen LogP contribution in [0, 0.1) is 0 Å². The lowest BCUT2D eigenvalue weighted by molar-refractivity contribution is 0.191. The number of nitrogens with one attached hydrogen (secondary N) is 2. The van der Waals surface area contributed by atoms with Crippen molar-refractivity contribution in [3.05, 3.63) is 24.3 Å². The highest BCUT2D eigenvalue weighted by Gasteiger charge is 2.27. The molecule has 138 valence electrons. The first-order valence-electron chi connectivity index (χ1n) is 9.37. The Kier molecular flexibility index (Phi) is 6.02. The molecule has 2 aliphatic rings. The van der Waals surface area contributed by atoms with Gasteiger partial charge in [-0.1, -0.05) is 19.1 Å². The van der Waals surface area contributed by atoms with Crippen LogP contribution in [0.15, 0.2) is 24.3 Å². The van der Waals surface area contributed by atoms with Gasteiger partial charge in [-0.25, -0.2) is 4.79 Å². The Hall–Kier alpha value is -1.95. The fourth-order valence-electron chi connectivity index (χ4n) is 3.86. The van der Waals surface area contributed by atoms with Gasteiger partial charge in [0.2, 0.25) is 0 Å². The Balaban J connectivity index is 1.48. The largest absolute Gasteiger partial charge is 0.495 e. The van der Waals surface area contributed by atoms with E-state index in [2.05, 4.69) is 33.4 Å². The fraction of sp³-hybridized carbons (Fsp3) is 0.632. The lowest BCUT2D eigenvalue weighted by Crippen LogP contribution is -2.52. The zero-order chi connectivity index (χ0) is 17.6. The number of ether oxygens (including phenoxy) is 1. The lowest BCUT2D eigenvalue weighted by Gasteiger charge is -2.32. The molecule has 2 fully saturated rings. The van der Waals surface area contributed by atoms with E-state index in [1.54, 1.807) is 7.11 Å². The van der Waals surface area contributed by atoms with E-state index in [0.717, 1.165) is 63.4 Å². The Morgan fingerprint density at radius 3 is 2.68 bits per heavy atom. The molecule has 1 aromatic carbocycles. The smallest absolute Gasteiger partial charge is 0.315 e. The summed E-state index contributed by atoms with van der Waals surface area (Å²) >= 11 is 0. The molecule has 2 unspecified atom stereocenters. The highest BCUT2D eigenvalue weighted by atomic mass is 16.5. The van der Waals surface area contributed by atoms with Crippen molar-refractivity contribution in [3.8, 4) is 5.75 Å². The van der Waals surface area contributed by atoms with Gasteiger partial charge in [-0.05, 0) is 44.5 Å². The SMILES string of the molecule is CCN1CCCC(NC(=O)NC2CCN(c3ccccc3OC)C2)C1. The molecule has 2 saturated heterocycles. The number of hydrogen-bond acceptors (Lipinski definition) is 4. The third-order valence-electron chi connectivity index (χ3n) is 5.24. The van der Waals surface area contributed by atoms with Gasteiger partial charge >= 0.3 is 6.03 Å². The number of hydrogen-bond donors (Lipinski definition) is 2. The van der Waals surface area contributed by atoms with Crippen LogP contribution in [0.25, 0.3) is 0 Å². The van der Waals surface area contributed by atoms with E-state index in [9.17, 15) is 4.79 Å². The molecule has 0 spiro atoms. The Bertz CT molecular complexity index is 580. The molecule has 2 atom stereocenters. The molecule has 2 amide bonds. The van der Waals surface area contributed by atoms with Gasteiger partial charge in [-0.15, -0.1) is 0 Å². The van der Waals surface area contributed by atoms with E-state index in [-0.39, 0.29) is 18.1 Å². The summed E-state index contributed by atoms with van der Waals surface area (Å²) in [6.45, 7) is 7.08. The van der Waals surface area contributed by atoms with Gasteiger partial charge in [0.1, 0.15) is 5.75 Å². The standard InChI is InChI=1S/C19H30N4O2/c1-3-22-11-6-7-15(13-22)20-19(24)21-16-10-12-23(14-16)17-8-4-5-9-18(17)25-2/h4-5,8-9,15-16H,3,6-7,10-14H2,1-2H3,(H2,20,21,24). The number of rotatable bonds is 5. The second kappa shape index (κ2) is 8.43. The molecule has 2 N–H and O–H groups in total. The molecule has 0 aromatic heterocycles. The number of para-hydroxylation sites is 2. The molecule has 0 aliphatic carbocycles. The van der Waals surface area contributed by atoms with Crippen LogP contribution in [0.5, 0.6) is 5.75 Å². The van der Waals surface area contributed by atoms with Gasteiger partial charge in [0.25, 0.3) is 0 Å². The molecular weight excluding hydrogens is 316 g/mol. The minimum atomic E-state index is -0.0326. The summed E-state index contributed by atoms with van der Waals surface area (Å²) in [5.74, 6) is 0.884. The van der Waals surface area contributed by atoms with Gasteiger partial charge < -0.3 is 25.2 Å². The summed E-state index contributed by atoms with van der Waals surface area (Å²) in [7, 11) is 1.70. The summed E-state index contributed by atoms with van der Waals surface area (Å²) < 4.78 is 5.45. The van der Waals surface area contributed by atoms with Crippen LogP contribution in [-0.2, 0) is 0 Å². The molecule has 2 aliphatic heterocycles. The summed E-state index contributed by atoms with van der Waals surface area (Å²) in [5, 5.41) is 6.30. The van der Waals surface area contributed by atoms with Crippen LogP contribution < -0.4 is 20.3 Å². The van der Waals surface area contributed by atoms with Crippen LogP contribution in [-0.4, -0.2) is 62.8 Å². The Morgan fingerprint density at radius 2 is 1.92 bits per heavy atom. The molecule has 3 rings (SSSR count). The number of carbonyl (C=O) groups is 1. The minimum absolute atomic E-state index is 0.0326. The maximum Gasteiger partial charge on any atom is 0.315 e. The number of methoxy groups -OCH3 is 1. The summed E-state index contributed by atoms with van der Waals surface area (Å²) in [4.78, 5) is 17.0. The second-order valence-electron chi connectivity index (χ2n) is 6.95. The topological polar surface area (TPSA) is 56.8 Å². The van der Waals surface area contributed by atoms with Crippen molar-refractivity contribution < 1.29 is 9.53 Å². The Labute approximate surface area is 150 Å². The van der Waals surface area contributed by atoms with Crippen LogP contribution in [0.4, 0.5) is 10.5 Å². The highest BCUT2D eigenvalue weighted by molar-refractivity contribution is 5.75. The van der Waals surface area contributed by atoms with Gasteiger partial charge in [0.05, 0.1) is 12.8 Å². The third-order valence-corrected chi connectivity index (χ3v) is 5.24. The van der Waals surface area contributed by atoms with Gasteiger partial charge in [-0.3, -0.25) is 0 Å². The molecule has 25 heavy (non-hydrogen) atoms. The first kappa shape index (κ1) is 17.9. The number of amides is 2. The normalized spacial score (nSPS) is 24.2. The average Bonchev–Trinajstić information content (AvgIpc) is 3.09. The molecule has 2 heterocycles.